The molecule has 1 aliphatic rings. The first kappa shape index (κ1) is 19.7. The van der Waals surface area contributed by atoms with E-state index in [0.29, 0.717) is 29.9 Å². The lowest BCUT2D eigenvalue weighted by atomic mass is 10.1. The normalized spacial score (nSPS) is 13.4. The number of carbonyl (C=O) groups is 1. The molecule has 1 aromatic heterocycles. The van der Waals surface area contributed by atoms with Crippen molar-refractivity contribution in [1.82, 2.24) is 4.98 Å². The van der Waals surface area contributed by atoms with Crippen LogP contribution in [0.25, 0.3) is 20.8 Å². The van der Waals surface area contributed by atoms with Crippen LogP contribution in [0.5, 0.6) is 0 Å². The van der Waals surface area contributed by atoms with Crippen LogP contribution in [0, 0.1) is 0 Å². The second-order valence-electron chi connectivity index (χ2n) is 7.45. The van der Waals surface area contributed by atoms with Crippen molar-refractivity contribution in [2.45, 2.75) is 6.42 Å². The van der Waals surface area contributed by atoms with Crippen LogP contribution in [0.4, 0.5) is 11.4 Å². The Kier molecular flexibility index (Phi) is 4.75. The summed E-state index contributed by atoms with van der Waals surface area (Å²) in [6.07, 6.45) is 1.79. The molecular weight excluding hydrogens is 430 g/mol. The van der Waals surface area contributed by atoms with Crippen LogP contribution in [-0.4, -0.2) is 32.1 Å². The SMILES string of the molecule is CS(=O)(=O)N1CCc2cc(C(=O)Nc3ccc(-c4nc5ccccc5s4)cc3)ccc21. The molecule has 31 heavy (non-hydrogen) atoms. The molecule has 0 spiro atoms. The van der Waals surface area contributed by atoms with Gasteiger partial charge in [0.05, 0.1) is 22.2 Å². The van der Waals surface area contributed by atoms with E-state index in [1.165, 1.54) is 10.6 Å². The van der Waals surface area contributed by atoms with Gasteiger partial charge in [0.2, 0.25) is 10.0 Å². The van der Waals surface area contributed by atoms with Crippen LogP contribution in [-0.2, 0) is 16.4 Å². The Hall–Kier alpha value is -3.23. The average Bonchev–Trinajstić information content (AvgIpc) is 3.37. The Labute approximate surface area is 184 Å². The standard InChI is InChI=1S/C23H19N3O3S2/c1-31(28,29)26-13-12-16-14-17(8-11-20(16)26)22(27)24-18-9-6-15(7-10-18)23-25-19-4-2-3-5-21(19)30-23/h2-11,14H,12-13H2,1H3,(H,24,27). The minimum atomic E-state index is -3.30. The molecule has 1 amide bonds. The third-order valence-corrected chi connectivity index (χ3v) is 7.54. The Morgan fingerprint density at radius 1 is 1.06 bits per heavy atom. The highest BCUT2D eigenvalue weighted by Gasteiger charge is 2.26. The maximum absolute atomic E-state index is 12.7. The minimum absolute atomic E-state index is 0.228. The van der Waals surface area contributed by atoms with Crippen molar-refractivity contribution in [3.05, 3.63) is 77.9 Å². The summed E-state index contributed by atoms with van der Waals surface area (Å²) in [5.74, 6) is -0.228. The summed E-state index contributed by atoms with van der Waals surface area (Å²) in [6.45, 7) is 0.409. The summed E-state index contributed by atoms with van der Waals surface area (Å²) in [4.78, 5) is 17.4. The van der Waals surface area contributed by atoms with Crippen molar-refractivity contribution >= 4 is 48.9 Å². The van der Waals surface area contributed by atoms with Gasteiger partial charge in [-0.2, -0.15) is 0 Å². The van der Waals surface area contributed by atoms with Gasteiger partial charge in [0, 0.05) is 23.4 Å². The van der Waals surface area contributed by atoms with E-state index in [1.54, 1.807) is 29.5 Å². The van der Waals surface area contributed by atoms with Gasteiger partial charge in [0.15, 0.2) is 0 Å². The molecule has 5 rings (SSSR count). The second kappa shape index (κ2) is 7.47. The fourth-order valence-corrected chi connectivity index (χ4v) is 5.68. The van der Waals surface area contributed by atoms with Gasteiger partial charge in [-0.3, -0.25) is 9.10 Å². The van der Waals surface area contributed by atoms with Crippen molar-refractivity contribution in [3.63, 3.8) is 0 Å². The number of aromatic nitrogens is 1. The number of para-hydroxylation sites is 1. The molecule has 1 aliphatic heterocycles. The largest absolute Gasteiger partial charge is 0.322 e. The lowest BCUT2D eigenvalue weighted by Gasteiger charge is -2.16. The molecular formula is C23H19N3O3S2. The minimum Gasteiger partial charge on any atom is -0.322 e. The number of thiazole rings is 1. The Balaban J connectivity index is 1.33. The third-order valence-electron chi connectivity index (χ3n) is 5.28. The van der Waals surface area contributed by atoms with Crippen molar-refractivity contribution in [1.29, 1.82) is 0 Å². The smallest absolute Gasteiger partial charge is 0.255 e. The Morgan fingerprint density at radius 3 is 2.58 bits per heavy atom. The highest BCUT2D eigenvalue weighted by atomic mass is 32.2. The third kappa shape index (κ3) is 3.80. The number of sulfonamides is 1. The molecule has 8 heteroatoms. The molecule has 2 heterocycles. The summed E-state index contributed by atoms with van der Waals surface area (Å²) >= 11 is 1.63. The number of carbonyl (C=O) groups excluding carboxylic acids is 1. The van der Waals surface area contributed by atoms with Gasteiger partial charge in [0.25, 0.3) is 5.91 Å². The van der Waals surface area contributed by atoms with Gasteiger partial charge < -0.3 is 5.32 Å². The molecule has 0 aliphatic carbocycles. The van der Waals surface area contributed by atoms with Crippen LogP contribution in [0.15, 0.2) is 66.7 Å². The van der Waals surface area contributed by atoms with Crippen molar-refractivity contribution < 1.29 is 13.2 Å². The molecule has 0 saturated heterocycles. The topological polar surface area (TPSA) is 79.4 Å². The molecule has 0 saturated carbocycles. The highest BCUT2D eigenvalue weighted by Crippen LogP contribution is 2.32. The van der Waals surface area contributed by atoms with Gasteiger partial charge in [-0.1, -0.05) is 12.1 Å². The molecule has 0 radical (unpaired) electrons. The van der Waals surface area contributed by atoms with Gasteiger partial charge in [-0.05, 0) is 66.6 Å². The van der Waals surface area contributed by atoms with Crippen LogP contribution >= 0.6 is 11.3 Å². The number of hydrogen-bond donors (Lipinski definition) is 1. The number of rotatable bonds is 4. The van der Waals surface area contributed by atoms with Crippen LogP contribution in [0.1, 0.15) is 15.9 Å². The maximum Gasteiger partial charge on any atom is 0.255 e. The van der Waals surface area contributed by atoms with Crippen molar-refractivity contribution in [3.8, 4) is 10.6 Å². The number of nitrogens with zero attached hydrogens (tertiary/aromatic N) is 2. The van der Waals surface area contributed by atoms with E-state index in [-0.39, 0.29) is 5.91 Å². The molecule has 156 valence electrons. The Morgan fingerprint density at radius 2 is 1.84 bits per heavy atom. The van der Waals surface area contributed by atoms with E-state index in [2.05, 4.69) is 16.4 Å². The first-order valence-corrected chi connectivity index (χ1v) is 12.4. The summed E-state index contributed by atoms with van der Waals surface area (Å²) in [5, 5.41) is 3.85. The molecule has 0 unspecified atom stereocenters. The summed E-state index contributed by atoms with van der Waals surface area (Å²) in [7, 11) is -3.30. The summed E-state index contributed by atoms with van der Waals surface area (Å²) < 4.78 is 26.3. The second-order valence-corrected chi connectivity index (χ2v) is 10.4. The van der Waals surface area contributed by atoms with E-state index in [1.807, 2.05) is 42.5 Å². The first-order chi connectivity index (χ1) is 14.9. The van der Waals surface area contributed by atoms with E-state index >= 15 is 0 Å². The number of anilines is 2. The predicted octanol–water partition coefficient (Wildman–Crippen LogP) is 4.54. The fourth-order valence-electron chi connectivity index (χ4n) is 3.75. The van der Waals surface area contributed by atoms with Crippen LogP contribution in [0.2, 0.25) is 0 Å². The van der Waals surface area contributed by atoms with E-state index in [4.69, 9.17) is 0 Å². The van der Waals surface area contributed by atoms with E-state index in [9.17, 15) is 13.2 Å². The monoisotopic (exact) mass is 449 g/mol. The number of fused-ring (bicyclic) bond motifs is 2. The van der Waals surface area contributed by atoms with Gasteiger partial charge >= 0.3 is 0 Å². The zero-order chi connectivity index (χ0) is 21.6. The zero-order valence-electron chi connectivity index (χ0n) is 16.7. The number of amides is 1. The number of hydrogen-bond acceptors (Lipinski definition) is 5. The summed E-state index contributed by atoms with van der Waals surface area (Å²) in [5.41, 5.74) is 4.68. The number of nitrogens with one attached hydrogen (secondary N) is 1. The van der Waals surface area contributed by atoms with E-state index < -0.39 is 10.0 Å². The molecule has 0 bridgehead atoms. The lowest BCUT2D eigenvalue weighted by Crippen LogP contribution is -2.27. The average molecular weight is 450 g/mol. The van der Waals surface area contributed by atoms with E-state index in [0.717, 1.165) is 26.4 Å². The molecule has 0 fully saturated rings. The molecule has 4 aromatic rings. The fraction of sp³-hybridized carbons (Fsp3) is 0.130. The lowest BCUT2D eigenvalue weighted by molar-refractivity contribution is 0.102. The predicted molar refractivity (Wildman–Crippen MR) is 125 cm³/mol. The summed E-state index contributed by atoms with van der Waals surface area (Å²) in [6, 6.07) is 20.8. The van der Waals surface area contributed by atoms with Crippen molar-refractivity contribution in [2.75, 3.05) is 22.4 Å². The first-order valence-electron chi connectivity index (χ1n) is 9.76. The molecule has 3 aromatic carbocycles. The molecule has 6 nitrogen and oxygen atoms in total. The maximum atomic E-state index is 12.7. The Bertz CT molecular complexity index is 1380. The van der Waals surface area contributed by atoms with Gasteiger partial charge in [-0.25, -0.2) is 13.4 Å². The number of benzene rings is 3. The van der Waals surface area contributed by atoms with Gasteiger partial charge in [0.1, 0.15) is 5.01 Å². The molecule has 1 N–H and O–H groups in total. The van der Waals surface area contributed by atoms with Gasteiger partial charge in [-0.15, -0.1) is 11.3 Å². The molecule has 0 atom stereocenters. The van der Waals surface area contributed by atoms with Crippen molar-refractivity contribution in [2.24, 2.45) is 0 Å². The highest BCUT2D eigenvalue weighted by molar-refractivity contribution is 7.92. The van der Waals surface area contributed by atoms with Crippen LogP contribution in [0.3, 0.4) is 0 Å². The van der Waals surface area contributed by atoms with Crippen LogP contribution < -0.4 is 9.62 Å². The quantitative estimate of drug-likeness (QED) is 0.496. The zero-order valence-corrected chi connectivity index (χ0v) is 18.3.